The lowest BCUT2D eigenvalue weighted by Crippen LogP contribution is -2.57. The Balaban J connectivity index is 1.53. The molecule has 0 saturated carbocycles. The predicted octanol–water partition coefficient (Wildman–Crippen LogP) is 1.66. The SMILES string of the molecule is Cc1cnn([C@H]2[C@@H]3OC[C@@H](O3)[C@@H](NCc3ccccc3Cl)[C@@H]2O)c1. The second kappa shape index (κ2) is 6.46. The number of aliphatic hydroxyl groups excluding tert-OH is 1. The summed E-state index contributed by atoms with van der Waals surface area (Å²) < 4.78 is 13.4. The van der Waals surface area contributed by atoms with Crippen LogP contribution in [-0.2, 0) is 16.0 Å². The van der Waals surface area contributed by atoms with Gasteiger partial charge in [0.15, 0.2) is 6.29 Å². The molecule has 24 heavy (non-hydrogen) atoms. The Morgan fingerprint density at radius 2 is 2.25 bits per heavy atom. The lowest BCUT2D eigenvalue weighted by Gasteiger charge is -2.38. The van der Waals surface area contributed by atoms with Crippen LogP contribution in [0.3, 0.4) is 0 Å². The van der Waals surface area contributed by atoms with Gasteiger partial charge in [0.05, 0.1) is 24.9 Å². The maximum Gasteiger partial charge on any atom is 0.183 e. The molecular weight excluding hydrogens is 330 g/mol. The van der Waals surface area contributed by atoms with Gasteiger partial charge in [0.2, 0.25) is 0 Å². The molecular formula is C17H20ClN3O3. The summed E-state index contributed by atoms with van der Waals surface area (Å²) in [6.45, 7) is 2.97. The third kappa shape index (κ3) is 2.85. The van der Waals surface area contributed by atoms with E-state index in [-0.39, 0.29) is 18.2 Å². The van der Waals surface area contributed by atoms with Crippen molar-refractivity contribution in [3.63, 3.8) is 0 Å². The van der Waals surface area contributed by atoms with Gasteiger partial charge < -0.3 is 19.9 Å². The smallest absolute Gasteiger partial charge is 0.183 e. The Morgan fingerprint density at radius 3 is 3.00 bits per heavy atom. The van der Waals surface area contributed by atoms with Crippen molar-refractivity contribution >= 4 is 11.6 Å². The molecule has 1 aromatic carbocycles. The van der Waals surface area contributed by atoms with Crippen molar-refractivity contribution in [2.75, 3.05) is 6.61 Å². The van der Waals surface area contributed by atoms with E-state index in [2.05, 4.69) is 10.4 Å². The number of rotatable bonds is 4. The minimum atomic E-state index is -0.668. The number of benzene rings is 1. The van der Waals surface area contributed by atoms with Crippen molar-refractivity contribution < 1.29 is 14.6 Å². The van der Waals surface area contributed by atoms with Gasteiger partial charge in [0.25, 0.3) is 0 Å². The van der Waals surface area contributed by atoms with E-state index in [1.165, 1.54) is 0 Å². The molecule has 2 aromatic rings. The van der Waals surface area contributed by atoms with Crippen molar-refractivity contribution in [1.82, 2.24) is 15.1 Å². The zero-order valence-electron chi connectivity index (χ0n) is 13.3. The molecule has 5 atom stereocenters. The zero-order chi connectivity index (χ0) is 16.7. The zero-order valence-corrected chi connectivity index (χ0v) is 14.1. The molecule has 0 radical (unpaired) electrons. The molecule has 2 saturated heterocycles. The van der Waals surface area contributed by atoms with E-state index in [1.54, 1.807) is 10.9 Å². The number of halogens is 1. The fraction of sp³-hybridized carbons (Fsp3) is 0.471. The number of hydrogen-bond acceptors (Lipinski definition) is 5. The highest BCUT2D eigenvalue weighted by Crippen LogP contribution is 2.35. The fourth-order valence-electron chi connectivity index (χ4n) is 3.40. The van der Waals surface area contributed by atoms with E-state index in [0.29, 0.717) is 18.2 Å². The van der Waals surface area contributed by atoms with Crippen LogP contribution in [-0.4, -0.2) is 46.0 Å². The number of nitrogens with one attached hydrogen (secondary N) is 1. The van der Waals surface area contributed by atoms with E-state index in [1.807, 2.05) is 37.4 Å². The quantitative estimate of drug-likeness (QED) is 0.878. The van der Waals surface area contributed by atoms with Crippen LogP contribution in [0.1, 0.15) is 17.2 Å². The lowest BCUT2D eigenvalue weighted by atomic mass is 9.96. The summed E-state index contributed by atoms with van der Waals surface area (Å²) in [7, 11) is 0. The Kier molecular flexibility index (Phi) is 4.32. The molecule has 2 bridgehead atoms. The van der Waals surface area contributed by atoms with Crippen molar-refractivity contribution in [3.05, 3.63) is 52.8 Å². The van der Waals surface area contributed by atoms with Gasteiger partial charge in [-0.2, -0.15) is 5.10 Å². The van der Waals surface area contributed by atoms with Gasteiger partial charge in [-0.1, -0.05) is 29.8 Å². The van der Waals surface area contributed by atoms with Crippen molar-refractivity contribution in [2.45, 2.75) is 44.1 Å². The molecule has 6 nitrogen and oxygen atoms in total. The highest BCUT2D eigenvalue weighted by atomic mass is 35.5. The topological polar surface area (TPSA) is 68.5 Å². The summed E-state index contributed by atoms with van der Waals surface area (Å²) >= 11 is 6.21. The second-order valence-electron chi connectivity index (χ2n) is 6.35. The normalized spacial score (nSPS) is 32.2. The average Bonchev–Trinajstić information content (AvgIpc) is 3.17. The van der Waals surface area contributed by atoms with Crippen LogP contribution < -0.4 is 5.32 Å². The Labute approximate surface area is 145 Å². The van der Waals surface area contributed by atoms with Crippen LogP contribution in [0.5, 0.6) is 0 Å². The van der Waals surface area contributed by atoms with Crippen LogP contribution in [0.15, 0.2) is 36.7 Å². The molecule has 0 spiro atoms. The fourth-order valence-corrected chi connectivity index (χ4v) is 3.60. The molecule has 0 amide bonds. The number of hydrogen-bond donors (Lipinski definition) is 2. The predicted molar refractivity (Wildman–Crippen MR) is 88.7 cm³/mol. The van der Waals surface area contributed by atoms with Gasteiger partial charge in [0, 0.05) is 17.8 Å². The first kappa shape index (κ1) is 16.1. The first-order valence-electron chi connectivity index (χ1n) is 8.06. The third-order valence-corrected chi connectivity index (χ3v) is 5.02. The minimum absolute atomic E-state index is 0.180. The summed E-state index contributed by atoms with van der Waals surface area (Å²) in [5.41, 5.74) is 2.02. The highest BCUT2D eigenvalue weighted by molar-refractivity contribution is 6.31. The van der Waals surface area contributed by atoms with Gasteiger partial charge in [-0.3, -0.25) is 4.68 Å². The molecule has 2 aliphatic heterocycles. The molecule has 0 aliphatic carbocycles. The summed E-state index contributed by atoms with van der Waals surface area (Å²) in [6.07, 6.45) is 2.34. The number of fused-ring (bicyclic) bond motifs is 2. The Bertz CT molecular complexity index is 723. The van der Waals surface area contributed by atoms with Gasteiger partial charge in [0.1, 0.15) is 12.1 Å². The van der Waals surface area contributed by atoms with E-state index >= 15 is 0 Å². The number of aromatic nitrogens is 2. The molecule has 0 unspecified atom stereocenters. The van der Waals surface area contributed by atoms with E-state index in [9.17, 15) is 5.11 Å². The van der Waals surface area contributed by atoms with E-state index in [0.717, 1.165) is 11.1 Å². The van der Waals surface area contributed by atoms with Gasteiger partial charge in [-0.15, -0.1) is 0 Å². The molecule has 2 fully saturated rings. The van der Waals surface area contributed by atoms with Crippen LogP contribution in [0, 0.1) is 6.92 Å². The van der Waals surface area contributed by atoms with Crippen molar-refractivity contribution in [2.24, 2.45) is 0 Å². The number of nitrogens with zero attached hydrogens (tertiary/aromatic N) is 2. The lowest BCUT2D eigenvalue weighted by molar-refractivity contribution is -0.168. The minimum Gasteiger partial charge on any atom is -0.389 e. The largest absolute Gasteiger partial charge is 0.389 e. The van der Waals surface area contributed by atoms with E-state index < -0.39 is 12.4 Å². The second-order valence-corrected chi connectivity index (χ2v) is 6.76. The summed E-state index contributed by atoms with van der Waals surface area (Å²) in [6, 6.07) is 7.04. The van der Waals surface area contributed by atoms with Crippen LogP contribution in [0.4, 0.5) is 0 Å². The molecule has 3 heterocycles. The summed E-state index contributed by atoms with van der Waals surface area (Å²) in [5, 5.41) is 19.3. The average molecular weight is 350 g/mol. The van der Waals surface area contributed by atoms with Crippen LogP contribution >= 0.6 is 11.6 Å². The van der Waals surface area contributed by atoms with Gasteiger partial charge in [-0.05, 0) is 24.1 Å². The monoisotopic (exact) mass is 349 g/mol. The molecule has 128 valence electrons. The van der Waals surface area contributed by atoms with E-state index in [4.69, 9.17) is 21.1 Å². The number of ether oxygens (including phenoxy) is 2. The molecule has 1 aromatic heterocycles. The Hall–Kier alpha value is -1.44. The first-order valence-corrected chi connectivity index (χ1v) is 8.44. The molecule has 7 heteroatoms. The van der Waals surface area contributed by atoms with Gasteiger partial charge in [-0.25, -0.2) is 0 Å². The third-order valence-electron chi connectivity index (χ3n) is 4.65. The number of aliphatic hydroxyl groups is 1. The maximum absolute atomic E-state index is 10.9. The highest BCUT2D eigenvalue weighted by Gasteiger charge is 2.51. The summed E-state index contributed by atoms with van der Waals surface area (Å²) in [4.78, 5) is 0. The Morgan fingerprint density at radius 1 is 1.42 bits per heavy atom. The molecule has 2 N–H and O–H groups in total. The van der Waals surface area contributed by atoms with Crippen LogP contribution in [0.25, 0.3) is 0 Å². The van der Waals surface area contributed by atoms with Crippen molar-refractivity contribution in [3.8, 4) is 0 Å². The van der Waals surface area contributed by atoms with Gasteiger partial charge >= 0.3 is 0 Å². The van der Waals surface area contributed by atoms with Crippen LogP contribution in [0.2, 0.25) is 5.02 Å². The summed E-state index contributed by atoms with van der Waals surface area (Å²) in [5.74, 6) is 0. The standard InChI is InChI=1S/C17H20ClN3O3/c1-10-6-20-21(8-10)15-16(22)14(13-9-23-17(15)24-13)19-7-11-4-2-3-5-12(11)18/h2-6,8,13-17,19,22H,7,9H2,1H3/t13-,14-,15-,16+,17-/m1/s1. The maximum atomic E-state index is 10.9. The molecule has 4 rings (SSSR count). The first-order chi connectivity index (χ1) is 11.6. The number of aryl methyl sites for hydroxylation is 1. The van der Waals surface area contributed by atoms with Crippen molar-refractivity contribution in [1.29, 1.82) is 0 Å². The molecule has 2 aliphatic rings.